The number of hydrogen-bond acceptors (Lipinski definition) is 7. The van der Waals surface area contributed by atoms with Crippen LogP contribution in [-0.2, 0) is 6.42 Å². The van der Waals surface area contributed by atoms with Gasteiger partial charge in [0.25, 0.3) is 0 Å². The molecule has 8 heteroatoms. The van der Waals surface area contributed by atoms with Crippen molar-refractivity contribution in [2.45, 2.75) is 46.1 Å². The number of fused-ring (bicyclic) bond motifs is 1. The SMILES string of the molecule is CC.CCc1cc(Oc2ccc(-c3ccc4c(c3)NC=C(/N=[N+](/C)[O-])N4)cc2)cc(C#N)c1OC1CC1. The highest BCUT2D eigenvalue weighted by molar-refractivity contribution is 5.80. The van der Waals surface area contributed by atoms with Gasteiger partial charge in [-0.25, -0.2) is 0 Å². The number of nitrogens with one attached hydrogen (secondary N) is 2. The minimum absolute atomic E-state index is 0.230. The molecule has 1 aliphatic heterocycles. The molecule has 190 valence electrons. The van der Waals surface area contributed by atoms with Crippen LogP contribution in [0.15, 0.2) is 71.7 Å². The first-order valence-corrected chi connectivity index (χ1v) is 12.5. The maximum atomic E-state index is 11.1. The predicted octanol–water partition coefficient (Wildman–Crippen LogP) is 7.38. The highest BCUT2D eigenvalue weighted by Crippen LogP contribution is 2.37. The maximum Gasteiger partial charge on any atom is 0.215 e. The molecule has 8 nitrogen and oxygen atoms in total. The van der Waals surface area contributed by atoms with Crippen LogP contribution in [0.5, 0.6) is 17.2 Å². The lowest BCUT2D eigenvalue weighted by molar-refractivity contribution is -0.495. The second-order valence-electron chi connectivity index (χ2n) is 8.49. The number of hydroxylamine groups is 1. The van der Waals surface area contributed by atoms with E-state index in [-0.39, 0.29) is 6.10 Å². The Kier molecular flexibility index (Phi) is 7.94. The summed E-state index contributed by atoms with van der Waals surface area (Å²) in [4.78, 5) is 0.504. The molecular formula is C29H31N5O3. The number of ether oxygens (including phenoxy) is 2. The van der Waals surface area contributed by atoms with E-state index in [9.17, 15) is 10.5 Å². The Morgan fingerprint density at radius 3 is 2.41 bits per heavy atom. The minimum atomic E-state index is 0.230. The minimum Gasteiger partial charge on any atom is -0.600 e. The average molecular weight is 498 g/mol. The molecule has 0 amide bonds. The van der Waals surface area contributed by atoms with Crippen LogP contribution in [0.1, 0.15) is 44.7 Å². The van der Waals surface area contributed by atoms with Crippen LogP contribution in [-0.4, -0.2) is 18.0 Å². The van der Waals surface area contributed by atoms with E-state index in [2.05, 4.69) is 21.8 Å². The fourth-order valence-corrected chi connectivity index (χ4v) is 3.89. The van der Waals surface area contributed by atoms with Gasteiger partial charge < -0.3 is 25.3 Å². The van der Waals surface area contributed by atoms with Crippen molar-refractivity contribution in [3.8, 4) is 34.4 Å². The molecule has 0 spiro atoms. The quantitative estimate of drug-likeness (QED) is 0.200. The molecule has 0 saturated heterocycles. The van der Waals surface area contributed by atoms with E-state index in [0.29, 0.717) is 33.5 Å². The van der Waals surface area contributed by atoms with Crippen molar-refractivity contribution in [2.75, 3.05) is 17.7 Å². The van der Waals surface area contributed by atoms with Gasteiger partial charge in [0.15, 0.2) is 7.05 Å². The zero-order valence-corrected chi connectivity index (χ0v) is 21.5. The van der Waals surface area contributed by atoms with Crippen LogP contribution in [0.3, 0.4) is 0 Å². The highest BCUT2D eigenvalue weighted by atomic mass is 16.5. The second kappa shape index (κ2) is 11.5. The Bertz CT molecular complexity index is 1370. The number of rotatable bonds is 7. The Hall–Kier alpha value is -4.51. The van der Waals surface area contributed by atoms with Crippen LogP contribution in [0, 0.1) is 16.5 Å². The van der Waals surface area contributed by atoms with Crippen LogP contribution in [0.2, 0.25) is 0 Å². The van der Waals surface area contributed by atoms with E-state index >= 15 is 0 Å². The Morgan fingerprint density at radius 1 is 1.03 bits per heavy atom. The van der Waals surface area contributed by atoms with Gasteiger partial charge in [-0.05, 0) is 66.3 Å². The fourth-order valence-electron chi connectivity index (χ4n) is 3.89. The monoisotopic (exact) mass is 497 g/mol. The van der Waals surface area contributed by atoms with Gasteiger partial charge in [-0.3, -0.25) is 0 Å². The van der Waals surface area contributed by atoms with Gasteiger partial charge in [0.05, 0.1) is 29.2 Å². The van der Waals surface area contributed by atoms with Crippen molar-refractivity contribution in [3.63, 3.8) is 0 Å². The molecule has 0 unspecified atom stereocenters. The van der Waals surface area contributed by atoms with Gasteiger partial charge in [0, 0.05) is 11.2 Å². The molecular weight excluding hydrogens is 466 g/mol. The molecule has 2 aliphatic rings. The third-order valence-corrected chi connectivity index (χ3v) is 5.77. The molecule has 1 aliphatic carbocycles. The summed E-state index contributed by atoms with van der Waals surface area (Å²) in [6.07, 6.45) is 4.73. The number of nitrogens with zero attached hydrogens (tertiary/aromatic N) is 3. The first-order valence-electron chi connectivity index (χ1n) is 12.5. The fraction of sp³-hybridized carbons (Fsp3) is 0.276. The zero-order valence-electron chi connectivity index (χ0n) is 21.5. The largest absolute Gasteiger partial charge is 0.600 e. The molecule has 37 heavy (non-hydrogen) atoms. The Morgan fingerprint density at radius 2 is 1.76 bits per heavy atom. The average Bonchev–Trinajstić information content (AvgIpc) is 3.74. The van der Waals surface area contributed by atoms with E-state index in [1.807, 2.05) is 69.3 Å². The van der Waals surface area contributed by atoms with Gasteiger partial charge in [0.2, 0.25) is 5.82 Å². The van der Waals surface area contributed by atoms with Gasteiger partial charge >= 0.3 is 0 Å². The second-order valence-corrected chi connectivity index (χ2v) is 8.49. The number of benzene rings is 3. The Balaban J connectivity index is 0.00000156. The van der Waals surface area contributed by atoms with Gasteiger partial charge in [-0.2, -0.15) is 5.26 Å². The standard InChI is InChI=1S/C27H25N5O3.C2H6/c1-3-17-12-23(13-20(15-28)27(17)35-22-9-10-22)34-21-7-4-18(5-8-21)19-6-11-24-25(14-19)29-16-26(30-24)31-32(2)33;1-2/h4-8,11-14,16,22,29-30H,3,9-10H2,1-2H3;1-2H3/b32-31-;. The number of anilines is 2. The smallest absolute Gasteiger partial charge is 0.215 e. The topological polar surface area (TPSA) is 105 Å². The summed E-state index contributed by atoms with van der Waals surface area (Å²) in [5, 5.41) is 30.9. The third kappa shape index (κ3) is 6.19. The van der Waals surface area contributed by atoms with Crippen LogP contribution < -0.4 is 20.1 Å². The first-order chi connectivity index (χ1) is 18.0. The van der Waals surface area contributed by atoms with Gasteiger partial charge in [-0.15, -0.1) is 0 Å². The lowest BCUT2D eigenvalue weighted by atomic mass is 10.0. The number of hydrogen-bond donors (Lipinski definition) is 2. The van der Waals surface area contributed by atoms with Gasteiger partial charge in [0.1, 0.15) is 23.3 Å². The lowest BCUT2D eigenvalue weighted by Crippen LogP contribution is -2.10. The lowest BCUT2D eigenvalue weighted by Gasteiger charge is -2.18. The molecule has 1 saturated carbocycles. The molecule has 3 aromatic rings. The highest BCUT2D eigenvalue weighted by Gasteiger charge is 2.26. The molecule has 0 bridgehead atoms. The summed E-state index contributed by atoms with van der Waals surface area (Å²) >= 11 is 0. The van der Waals surface area contributed by atoms with E-state index in [1.54, 1.807) is 12.3 Å². The van der Waals surface area contributed by atoms with Crippen molar-refractivity contribution in [1.29, 1.82) is 5.26 Å². The van der Waals surface area contributed by atoms with E-state index in [0.717, 1.165) is 47.3 Å². The summed E-state index contributed by atoms with van der Waals surface area (Å²) < 4.78 is 12.1. The number of azo groups is 1. The Labute approximate surface area is 217 Å². The summed E-state index contributed by atoms with van der Waals surface area (Å²) in [6, 6.07) is 19.7. The van der Waals surface area contributed by atoms with E-state index in [1.165, 1.54) is 7.05 Å². The van der Waals surface area contributed by atoms with Crippen LogP contribution >= 0.6 is 0 Å². The third-order valence-electron chi connectivity index (χ3n) is 5.77. The van der Waals surface area contributed by atoms with Crippen LogP contribution in [0.4, 0.5) is 11.4 Å². The number of nitriles is 1. The molecule has 5 rings (SSSR count). The van der Waals surface area contributed by atoms with Crippen molar-refractivity contribution in [1.82, 2.24) is 0 Å². The number of aryl methyl sites for hydroxylation is 1. The molecule has 1 fully saturated rings. The molecule has 0 aromatic heterocycles. The zero-order chi connectivity index (χ0) is 26.4. The molecule has 0 atom stereocenters. The molecule has 0 radical (unpaired) electrons. The normalized spacial score (nSPS) is 14.0. The molecule has 2 N–H and O–H groups in total. The summed E-state index contributed by atoms with van der Waals surface area (Å²) in [5.41, 5.74) is 5.27. The van der Waals surface area contributed by atoms with Crippen LogP contribution in [0.25, 0.3) is 11.1 Å². The maximum absolute atomic E-state index is 11.1. The van der Waals surface area contributed by atoms with Crippen molar-refractivity contribution >= 4 is 11.4 Å². The summed E-state index contributed by atoms with van der Waals surface area (Å²) in [6.45, 7) is 6.05. The molecule has 1 heterocycles. The van der Waals surface area contributed by atoms with E-state index in [4.69, 9.17) is 9.47 Å². The van der Waals surface area contributed by atoms with Crippen molar-refractivity contribution in [3.05, 3.63) is 83.0 Å². The van der Waals surface area contributed by atoms with Crippen molar-refractivity contribution < 1.29 is 14.3 Å². The molecule has 3 aromatic carbocycles. The van der Waals surface area contributed by atoms with Gasteiger partial charge in [-0.1, -0.05) is 43.8 Å². The first kappa shape index (κ1) is 25.6. The summed E-state index contributed by atoms with van der Waals surface area (Å²) in [5.74, 6) is 2.44. The predicted molar refractivity (Wildman–Crippen MR) is 145 cm³/mol. The van der Waals surface area contributed by atoms with E-state index < -0.39 is 0 Å². The van der Waals surface area contributed by atoms with Crippen molar-refractivity contribution in [2.24, 2.45) is 5.11 Å². The summed E-state index contributed by atoms with van der Waals surface area (Å²) in [7, 11) is 1.33.